The third-order valence-electron chi connectivity index (χ3n) is 2.61. The minimum atomic E-state index is -1.12. The highest BCUT2D eigenvalue weighted by atomic mass is 16.5. The van der Waals surface area contributed by atoms with Crippen molar-refractivity contribution in [3.63, 3.8) is 0 Å². The summed E-state index contributed by atoms with van der Waals surface area (Å²) < 4.78 is 5.13. The van der Waals surface area contributed by atoms with E-state index in [1.165, 1.54) is 0 Å². The predicted octanol–water partition coefficient (Wildman–Crippen LogP) is 0.733. The topological polar surface area (TPSA) is 83.8 Å². The molecule has 0 saturated carbocycles. The highest BCUT2D eigenvalue weighted by Crippen LogP contribution is 2.34. The van der Waals surface area contributed by atoms with E-state index in [-0.39, 0.29) is 12.8 Å². The van der Waals surface area contributed by atoms with Gasteiger partial charge in [-0.25, -0.2) is 0 Å². The third kappa shape index (κ3) is 2.45. The smallest absolute Gasteiger partial charge is 0.310 e. The molecular formula is C9H14O5. The van der Waals surface area contributed by atoms with Crippen LogP contribution in [0.3, 0.4) is 0 Å². The molecule has 1 rings (SSSR count). The maximum atomic E-state index is 11.0. The fourth-order valence-electron chi connectivity index (χ4n) is 1.76. The fraction of sp³-hybridized carbons (Fsp3) is 0.778. The van der Waals surface area contributed by atoms with Crippen molar-refractivity contribution in [2.75, 3.05) is 13.2 Å². The molecule has 0 aliphatic carbocycles. The van der Waals surface area contributed by atoms with Gasteiger partial charge >= 0.3 is 11.9 Å². The summed E-state index contributed by atoms with van der Waals surface area (Å²) >= 11 is 0. The molecule has 1 heterocycles. The fourth-order valence-corrected chi connectivity index (χ4v) is 1.76. The van der Waals surface area contributed by atoms with Crippen molar-refractivity contribution >= 4 is 11.9 Å². The Balaban J connectivity index is 2.77. The molecule has 0 aromatic heterocycles. The lowest BCUT2D eigenvalue weighted by Crippen LogP contribution is -2.33. The normalized spacial score (nSPS) is 28.0. The molecule has 0 radical (unpaired) electrons. The van der Waals surface area contributed by atoms with Crippen LogP contribution in [0.25, 0.3) is 0 Å². The molecule has 0 spiro atoms. The van der Waals surface area contributed by atoms with Crippen LogP contribution in [0, 0.1) is 5.41 Å². The molecule has 1 aliphatic rings. The van der Waals surface area contributed by atoms with Gasteiger partial charge in [-0.15, -0.1) is 0 Å². The van der Waals surface area contributed by atoms with E-state index >= 15 is 0 Å². The van der Waals surface area contributed by atoms with E-state index in [0.717, 1.165) is 0 Å². The van der Waals surface area contributed by atoms with E-state index in [9.17, 15) is 9.59 Å². The number of carboxylic acids is 2. The average Bonchev–Trinajstić information content (AvgIpc) is 2.29. The summed E-state index contributed by atoms with van der Waals surface area (Å²) in [6.45, 7) is 0.855. The van der Waals surface area contributed by atoms with E-state index in [1.54, 1.807) is 0 Å². The Bertz CT molecular complexity index is 227. The van der Waals surface area contributed by atoms with Gasteiger partial charge in [0.1, 0.15) is 0 Å². The molecule has 5 nitrogen and oxygen atoms in total. The number of aliphatic carboxylic acids is 2. The Kier molecular flexibility index (Phi) is 3.46. The number of hydrogen-bond acceptors (Lipinski definition) is 3. The van der Waals surface area contributed by atoms with Crippen molar-refractivity contribution in [1.82, 2.24) is 0 Å². The second-order valence-electron chi connectivity index (χ2n) is 3.62. The van der Waals surface area contributed by atoms with E-state index < -0.39 is 17.4 Å². The number of carboxylic acid groups (broad SMARTS) is 2. The molecule has 1 unspecified atom stereocenters. The first-order valence-corrected chi connectivity index (χ1v) is 4.60. The van der Waals surface area contributed by atoms with Gasteiger partial charge < -0.3 is 14.9 Å². The molecule has 0 bridgehead atoms. The van der Waals surface area contributed by atoms with Gasteiger partial charge in [0.15, 0.2) is 0 Å². The minimum absolute atomic E-state index is 0.286. The van der Waals surface area contributed by atoms with Gasteiger partial charge in [0.25, 0.3) is 0 Å². The third-order valence-corrected chi connectivity index (χ3v) is 2.61. The van der Waals surface area contributed by atoms with Crippen LogP contribution in [-0.4, -0.2) is 35.4 Å². The van der Waals surface area contributed by atoms with Crippen LogP contribution < -0.4 is 0 Å². The second kappa shape index (κ2) is 4.41. The van der Waals surface area contributed by atoms with Gasteiger partial charge in [0, 0.05) is 13.2 Å². The zero-order valence-electron chi connectivity index (χ0n) is 7.86. The Hall–Kier alpha value is -1.10. The molecule has 80 valence electrons. The van der Waals surface area contributed by atoms with E-state index in [0.29, 0.717) is 26.1 Å². The first kappa shape index (κ1) is 11.0. The van der Waals surface area contributed by atoms with Crippen LogP contribution >= 0.6 is 0 Å². The SMILES string of the molecule is O=C(O)CC1(C(=O)O)CCCOCC1. The largest absolute Gasteiger partial charge is 0.481 e. The van der Waals surface area contributed by atoms with Gasteiger partial charge in [-0.3, -0.25) is 9.59 Å². The molecule has 2 N–H and O–H groups in total. The molecule has 1 saturated heterocycles. The lowest BCUT2D eigenvalue weighted by atomic mass is 9.78. The quantitative estimate of drug-likeness (QED) is 0.704. The van der Waals surface area contributed by atoms with Gasteiger partial charge in [-0.05, 0) is 19.3 Å². The molecule has 0 amide bonds. The summed E-state index contributed by atoms with van der Waals surface area (Å²) in [4.78, 5) is 21.6. The Morgan fingerprint density at radius 2 is 1.93 bits per heavy atom. The summed E-state index contributed by atoms with van der Waals surface area (Å²) in [5.74, 6) is -2.08. The van der Waals surface area contributed by atoms with Crippen LogP contribution in [0.15, 0.2) is 0 Å². The lowest BCUT2D eigenvalue weighted by Gasteiger charge is -2.24. The van der Waals surface area contributed by atoms with Crippen LogP contribution in [0.2, 0.25) is 0 Å². The van der Waals surface area contributed by atoms with Crippen molar-refractivity contribution in [2.45, 2.75) is 25.7 Å². The van der Waals surface area contributed by atoms with Crippen molar-refractivity contribution in [1.29, 1.82) is 0 Å². The van der Waals surface area contributed by atoms with E-state index in [1.807, 2.05) is 0 Å². The first-order valence-electron chi connectivity index (χ1n) is 4.60. The Labute approximate surface area is 81.7 Å². The molecule has 5 heteroatoms. The highest BCUT2D eigenvalue weighted by molar-refractivity contribution is 5.81. The highest BCUT2D eigenvalue weighted by Gasteiger charge is 2.40. The average molecular weight is 202 g/mol. The minimum Gasteiger partial charge on any atom is -0.481 e. The predicted molar refractivity (Wildman–Crippen MR) is 47.0 cm³/mol. The molecule has 14 heavy (non-hydrogen) atoms. The van der Waals surface area contributed by atoms with Crippen molar-refractivity contribution in [3.8, 4) is 0 Å². The van der Waals surface area contributed by atoms with Gasteiger partial charge in [0.05, 0.1) is 11.8 Å². The maximum absolute atomic E-state index is 11.0. The van der Waals surface area contributed by atoms with Crippen molar-refractivity contribution in [3.05, 3.63) is 0 Å². The van der Waals surface area contributed by atoms with Gasteiger partial charge in [-0.2, -0.15) is 0 Å². The standard InChI is InChI=1S/C9H14O5/c10-7(11)6-9(8(12)13)2-1-4-14-5-3-9/h1-6H2,(H,10,11)(H,12,13). The summed E-state index contributed by atoms with van der Waals surface area (Å²) in [5, 5.41) is 17.7. The molecule has 0 aromatic rings. The Morgan fingerprint density at radius 3 is 2.50 bits per heavy atom. The first-order chi connectivity index (χ1) is 6.57. The van der Waals surface area contributed by atoms with Crippen LogP contribution in [0.1, 0.15) is 25.7 Å². The van der Waals surface area contributed by atoms with E-state index in [4.69, 9.17) is 14.9 Å². The summed E-state index contributed by atoms with van der Waals surface area (Å²) in [6.07, 6.45) is 0.967. The summed E-state index contributed by atoms with van der Waals surface area (Å²) in [5.41, 5.74) is -1.12. The van der Waals surface area contributed by atoms with Crippen LogP contribution in [0.4, 0.5) is 0 Å². The monoisotopic (exact) mass is 202 g/mol. The van der Waals surface area contributed by atoms with Crippen molar-refractivity contribution < 1.29 is 24.5 Å². The molecule has 1 fully saturated rings. The number of hydrogen-bond donors (Lipinski definition) is 2. The number of carbonyl (C=O) groups is 2. The molecular weight excluding hydrogens is 188 g/mol. The van der Waals surface area contributed by atoms with E-state index in [2.05, 4.69) is 0 Å². The lowest BCUT2D eigenvalue weighted by molar-refractivity contribution is -0.156. The summed E-state index contributed by atoms with van der Waals surface area (Å²) in [7, 11) is 0. The van der Waals surface area contributed by atoms with Crippen LogP contribution in [-0.2, 0) is 14.3 Å². The van der Waals surface area contributed by atoms with Crippen molar-refractivity contribution in [2.24, 2.45) is 5.41 Å². The van der Waals surface area contributed by atoms with Gasteiger partial charge in [-0.1, -0.05) is 0 Å². The maximum Gasteiger partial charge on any atom is 0.310 e. The van der Waals surface area contributed by atoms with Crippen LogP contribution in [0.5, 0.6) is 0 Å². The van der Waals surface area contributed by atoms with Gasteiger partial charge in [0.2, 0.25) is 0 Å². The zero-order chi connectivity index (χ0) is 10.6. The molecule has 1 atom stereocenters. The second-order valence-corrected chi connectivity index (χ2v) is 3.62. The number of ether oxygens (including phenoxy) is 1. The zero-order valence-corrected chi connectivity index (χ0v) is 7.86. The Morgan fingerprint density at radius 1 is 1.21 bits per heavy atom. The molecule has 0 aromatic carbocycles. The number of rotatable bonds is 3. The summed E-state index contributed by atoms with van der Waals surface area (Å²) in [6, 6.07) is 0. The molecule has 1 aliphatic heterocycles.